The van der Waals surface area contributed by atoms with E-state index >= 15 is 0 Å². The Morgan fingerprint density at radius 3 is 1.79 bits per heavy atom. The number of ketones is 2. The molecule has 0 aromatic rings. The highest BCUT2D eigenvalue weighted by Crippen LogP contribution is 2.53. The van der Waals surface area contributed by atoms with Crippen molar-refractivity contribution < 1.29 is 9.59 Å². The van der Waals surface area contributed by atoms with Crippen LogP contribution in [0.5, 0.6) is 0 Å². The van der Waals surface area contributed by atoms with Gasteiger partial charge < -0.3 is 0 Å². The van der Waals surface area contributed by atoms with Gasteiger partial charge in [0.05, 0.1) is 0 Å². The van der Waals surface area contributed by atoms with E-state index in [1.807, 2.05) is 0 Å². The van der Waals surface area contributed by atoms with Crippen LogP contribution in [0.1, 0.15) is 6.92 Å². The average molecular weight is 188 g/mol. The molecule has 0 aromatic heterocycles. The molecule has 0 aliphatic heterocycles. The molecule has 0 heterocycles. The molecule has 1 unspecified atom stereocenters. The van der Waals surface area contributed by atoms with Crippen LogP contribution in [0.15, 0.2) is 24.3 Å². The summed E-state index contributed by atoms with van der Waals surface area (Å²) in [5.74, 6) is 1.31. The Balaban J connectivity index is 2.10. The Morgan fingerprint density at radius 2 is 1.36 bits per heavy atom. The number of allylic oxidation sites excluding steroid dienone is 4. The van der Waals surface area contributed by atoms with Crippen LogP contribution in [0.4, 0.5) is 0 Å². The van der Waals surface area contributed by atoms with E-state index in [0.717, 1.165) is 0 Å². The lowest BCUT2D eigenvalue weighted by atomic mass is 9.75. The van der Waals surface area contributed by atoms with Crippen molar-refractivity contribution in [3.05, 3.63) is 24.3 Å². The summed E-state index contributed by atoms with van der Waals surface area (Å²) in [4.78, 5) is 23.4. The molecule has 0 aromatic carbocycles. The largest absolute Gasteiger partial charge is 0.294 e. The minimum absolute atomic E-state index is 0.0440. The summed E-state index contributed by atoms with van der Waals surface area (Å²) in [6, 6.07) is 0. The third-order valence-electron chi connectivity index (χ3n) is 4.05. The SMILES string of the molecule is CC1[C@H]2C=C[C@@H]1[C@@H]1C(=O)C=CC(=O)[C@@H]12. The fourth-order valence-corrected chi connectivity index (χ4v) is 3.36. The molecule has 3 aliphatic rings. The van der Waals surface area contributed by atoms with Gasteiger partial charge in [0.2, 0.25) is 0 Å². The Bertz CT molecular complexity index is 344. The molecule has 2 bridgehead atoms. The summed E-state index contributed by atoms with van der Waals surface area (Å²) < 4.78 is 0. The highest BCUT2D eigenvalue weighted by Gasteiger charge is 2.55. The van der Waals surface area contributed by atoms with Gasteiger partial charge in [-0.15, -0.1) is 0 Å². The third-order valence-corrected chi connectivity index (χ3v) is 4.05. The second-order valence-corrected chi connectivity index (χ2v) is 4.59. The van der Waals surface area contributed by atoms with Crippen molar-refractivity contribution in [2.45, 2.75) is 6.92 Å². The maximum absolute atomic E-state index is 11.7. The van der Waals surface area contributed by atoms with Crippen molar-refractivity contribution in [2.24, 2.45) is 29.6 Å². The molecule has 1 saturated carbocycles. The molecule has 3 rings (SSSR count). The first kappa shape index (κ1) is 8.16. The van der Waals surface area contributed by atoms with Gasteiger partial charge >= 0.3 is 0 Å². The standard InChI is InChI=1S/C12H12O2/c1-6-7-2-3-8(6)12-10(14)5-4-9(13)11(7)12/h2-8,11-12H,1H3/t6?,7-,8+,11+,12-. The molecular formula is C12H12O2. The maximum Gasteiger partial charge on any atom is 0.160 e. The molecule has 72 valence electrons. The lowest BCUT2D eigenvalue weighted by molar-refractivity contribution is -0.129. The van der Waals surface area contributed by atoms with Gasteiger partial charge in [-0.25, -0.2) is 0 Å². The molecular weight excluding hydrogens is 176 g/mol. The zero-order valence-corrected chi connectivity index (χ0v) is 8.01. The number of hydrogen-bond donors (Lipinski definition) is 0. The Kier molecular flexibility index (Phi) is 1.42. The van der Waals surface area contributed by atoms with Gasteiger partial charge in [0.25, 0.3) is 0 Å². The summed E-state index contributed by atoms with van der Waals surface area (Å²) in [7, 11) is 0. The van der Waals surface area contributed by atoms with Gasteiger partial charge in [0.15, 0.2) is 11.6 Å². The minimum Gasteiger partial charge on any atom is -0.294 e. The molecule has 0 spiro atoms. The quantitative estimate of drug-likeness (QED) is 0.538. The zero-order valence-electron chi connectivity index (χ0n) is 8.01. The maximum atomic E-state index is 11.7. The predicted octanol–water partition coefficient (Wildman–Crippen LogP) is 1.38. The van der Waals surface area contributed by atoms with Crippen molar-refractivity contribution in [1.82, 2.24) is 0 Å². The van der Waals surface area contributed by atoms with Crippen LogP contribution in [0.3, 0.4) is 0 Å². The molecule has 0 amide bonds. The Hall–Kier alpha value is -1.18. The zero-order chi connectivity index (χ0) is 9.87. The Morgan fingerprint density at radius 1 is 0.929 bits per heavy atom. The van der Waals surface area contributed by atoms with E-state index in [-0.39, 0.29) is 23.4 Å². The van der Waals surface area contributed by atoms with Crippen LogP contribution in [-0.2, 0) is 9.59 Å². The number of carbonyl (C=O) groups is 2. The predicted molar refractivity (Wildman–Crippen MR) is 51.4 cm³/mol. The average Bonchev–Trinajstić information content (AvgIpc) is 2.67. The van der Waals surface area contributed by atoms with Crippen molar-refractivity contribution in [3.63, 3.8) is 0 Å². The number of fused-ring (bicyclic) bond motifs is 5. The van der Waals surface area contributed by atoms with E-state index in [2.05, 4.69) is 19.1 Å². The summed E-state index contributed by atoms with van der Waals surface area (Å²) in [5, 5.41) is 0. The van der Waals surface area contributed by atoms with E-state index in [4.69, 9.17) is 0 Å². The Labute approximate surface area is 82.7 Å². The topological polar surface area (TPSA) is 34.1 Å². The van der Waals surface area contributed by atoms with E-state index in [1.54, 1.807) is 0 Å². The van der Waals surface area contributed by atoms with Crippen LogP contribution in [0, 0.1) is 29.6 Å². The number of carbonyl (C=O) groups excluding carboxylic acids is 2. The van der Waals surface area contributed by atoms with Crippen LogP contribution in [-0.4, -0.2) is 11.6 Å². The van der Waals surface area contributed by atoms with E-state index in [1.165, 1.54) is 12.2 Å². The molecule has 0 N–H and O–H groups in total. The molecule has 0 saturated heterocycles. The summed E-state index contributed by atoms with van der Waals surface area (Å²) in [5.41, 5.74) is 0. The van der Waals surface area contributed by atoms with Crippen LogP contribution >= 0.6 is 0 Å². The van der Waals surface area contributed by atoms with E-state index in [0.29, 0.717) is 17.8 Å². The molecule has 1 fully saturated rings. The molecule has 14 heavy (non-hydrogen) atoms. The number of rotatable bonds is 0. The molecule has 3 aliphatic carbocycles. The van der Waals surface area contributed by atoms with E-state index in [9.17, 15) is 9.59 Å². The van der Waals surface area contributed by atoms with E-state index < -0.39 is 0 Å². The van der Waals surface area contributed by atoms with Crippen molar-refractivity contribution in [3.8, 4) is 0 Å². The lowest BCUT2D eigenvalue weighted by Crippen LogP contribution is -2.34. The fraction of sp³-hybridized carbons (Fsp3) is 0.500. The van der Waals surface area contributed by atoms with Crippen LogP contribution < -0.4 is 0 Å². The van der Waals surface area contributed by atoms with Crippen molar-refractivity contribution in [1.29, 1.82) is 0 Å². The fourth-order valence-electron chi connectivity index (χ4n) is 3.36. The van der Waals surface area contributed by atoms with Crippen molar-refractivity contribution in [2.75, 3.05) is 0 Å². The summed E-state index contributed by atoms with van der Waals surface area (Å²) in [6.45, 7) is 2.15. The minimum atomic E-state index is -0.0440. The number of hydrogen-bond acceptors (Lipinski definition) is 2. The summed E-state index contributed by atoms with van der Waals surface area (Å²) in [6.07, 6.45) is 7.18. The first-order valence-corrected chi connectivity index (χ1v) is 5.14. The van der Waals surface area contributed by atoms with Crippen LogP contribution in [0.2, 0.25) is 0 Å². The van der Waals surface area contributed by atoms with Gasteiger partial charge in [-0.1, -0.05) is 19.1 Å². The van der Waals surface area contributed by atoms with Gasteiger partial charge in [0, 0.05) is 11.8 Å². The highest BCUT2D eigenvalue weighted by molar-refractivity contribution is 6.08. The monoisotopic (exact) mass is 188 g/mol. The van der Waals surface area contributed by atoms with Gasteiger partial charge in [-0.3, -0.25) is 9.59 Å². The lowest BCUT2D eigenvalue weighted by Gasteiger charge is -2.26. The second kappa shape index (κ2) is 2.44. The molecule has 2 heteroatoms. The first-order chi connectivity index (χ1) is 6.70. The normalized spacial score (nSPS) is 48.8. The van der Waals surface area contributed by atoms with Gasteiger partial charge in [-0.05, 0) is 29.9 Å². The second-order valence-electron chi connectivity index (χ2n) is 4.59. The molecule has 0 radical (unpaired) electrons. The smallest absolute Gasteiger partial charge is 0.160 e. The van der Waals surface area contributed by atoms with Crippen LogP contribution in [0.25, 0.3) is 0 Å². The van der Waals surface area contributed by atoms with Gasteiger partial charge in [-0.2, -0.15) is 0 Å². The van der Waals surface area contributed by atoms with Gasteiger partial charge in [0.1, 0.15) is 0 Å². The highest BCUT2D eigenvalue weighted by atomic mass is 16.1. The summed E-state index contributed by atoms with van der Waals surface area (Å²) >= 11 is 0. The van der Waals surface area contributed by atoms with Crippen molar-refractivity contribution >= 4 is 11.6 Å². The first-order valence-electron chi connectivity index (χ1n) is 5.14. The molecule has 2 nitrogen and oxygen atoms in total. The third kappa shape index (κ3) is 0.770. The molecule has 5 atom stereocenters.